The van der Waals surface area contributed by atoms with E-state index in [1.165, 1.54) is 5.56 Å². The number of fused-ring (bicyclic) bond motifs is 6. The van der Waals surface area contributed by atoms with Gasteiger partial charge in [-0.15, -0.1) is 6.42 Å². The van der Waals surface area contributed by atoms with Gasteiger partial charge in [0.25, 0.3) is 0 Å². The first-order chi connectivity index (χ1) is 44.9. The van der Waals surface area contributed by atoms with E-state index in [1.54, 1.807) is 0 Å². The van der Waals surface area contributed by atoms with Gasteiger partial charge in [-0.25, -0.2) is 0 Å². The molecule has 2 saturated heterocycles. The number of para-hydroxylation sites is 2. The van der Waals surface area contributed by atoms with Crippen molar-refractivity contribution in [3.8, 4) is 57.8 Å². The lowest BCUT2D eigenvalue weighted by Crippen LogP contribution is -2.41. The third kappa shape index (κ3) is 10.6. The molecule has 452 valence electrons. The van der Waals surface area contributed by atoms with Crippen molar-refractivity contribution < 1.29 is 18.6 Å². The number of aromatic nitrogens is 2. The average molecular weight is 1210 g/mol. The quantitative estimate of drug-likeness (QED) is 0.0897. The molecule has 15 rings (SSSR count). The fourth-order valence-corrected chi connectivity index (χ4v) is 13.1. The molecule has 0 atom stereocenters. The summed E-state index contributed by atoms with van der Waals surface area (Å²) in [5.74, 6) is 8.33. The van der Waals surface area contributed by atoms with E-state index in [9.17, 15) is 0 Å². The van der Waals surface area contributed by atoms with Crippen LogP contribution >= 0.6 is 0 Å². The van der Waals surface area contributed by atoms with Crippen LogP contribution in [0.2, 0.25) is 0 Å². The van der Waals surface area contributed by atoms with Crippen LogP contribution in [0.4, 0.5) is 34.1 Å². The Morgan fingerprint density at radius 2 is 0.645 bits per heavy atom. The van der Waals surface area contributed by atoms with Crippen LogP contribution in [0.3, 0.4) is 0 Å². The third-order valence-electron chi connectivity index (χ3n) is 19.6. The van der Waals surface area contributed by atoms with Gasteiger partial charge in [-0.3, -0.25) is 0 Å². The lowest BCUT2D eigenvalue weighted by molar-refractivity contribution is 0.00578. The molecule has 2 aromatic heterocycles. The van der Waals surface area contributed by atoms with E-state index >= 15 is 0 Å². The minimum Gasteiger partial charge on any atom is -0.399 e. The molecule has 0 amide bonds. The van der Waals surface area contributed by atoms with Gasteiger partial charge in [0.15, 0.2) is 0 Å². The van der Waals surface area contributed by atoms with Crippen molar-refractivity contribution in [1.29, 1.82) is 0 Å². The van der Waals surface area contributed by atoms with Gasteiger partial charge in [-0.1, -0.05) is 121 Å². The van der Waals surface area contributed by atoms with Gasteiger partial charge in [0, 0.05) is 72.6 Å². The lowest BCUT2D eigenvalue weighted by Gasteiger charge is -2.32. The Labute approximate surface area is 545 Å². The molecular formula is C83H70B2N4O4. The zero-order valence-electron chi connectivity index (χ0n) is 53.9. The number of hydrogen-bond acceptors (Lipinski definition) is 6. The fourth-order valence-electron chi connectivity index (χ4n) is 13.1. The van der Waals surface area contributed by atoms with Crippen molar-refractivity contribution >= 4 is 103 Å². The molecule has 11 aromatic carbocycles. The minimum atomic E-state index is -0.483. The highest BCUT2D eigenvalue weighted by atomic mass is 16.7. The summed E-state index contributed by atoms with van der Waals surface area (Å²) in [4.78, 5) is 4.61. The molecule has 0 bridgehead atoms. The Kier molecular flexibility index (Phi) is 14.5. The second-order valence-electron chi connectivity index (χ2n) is 26.6. The molecule has 13 aromatic rings. The monoisotopic (exact) mass is 1210 g/mol. The summed E-state index contributed by atoms with van der Waals surface area (Å²) in [5, 5.41) is 4.58. The van der Waals surface area contributed by atoms with E-state index in [0.717, 1.165) is 128 Å². The van der Waals surface area contributed by atoms with Gasteiger partial charge in [0.05, 0.1) is 44.5 Å². The predicted molar refractivity (Wildman–Crippen MR) is 387 cm³/mol. The topological polar surface area (TPSA) is 53.3 Å². The van der Waals surface area contributed by atoms with Crippen molar-refractivity contribution in [1.82, 2.24) is 9.13 Å². The molecule has 93 heavy (non-hydrogen) atoms. The Bertz CT molecular complexity index is 5080. The van der Waals surface area contributed by atoms with E-state index < -0.39 is 36.6 Å². The molecule has 2 aliphatic heterocycles. The SMILES string of the molecule is C#CC#Cc1ccc(N(c2ccc(-c3ccc4c(c3)c3cc(B5OC(C)(C)C(C)(C)O5)ccc3n4-c3ccccc3)cc2)c2ccc(N(c3ccc(C)cc3)c3ccc(-c4ccc5c(c4)c4cc(B6OC(C)(C)C(C)(C)O6)ccc4n5-c4ccccc4)cc3)cc2)cc1. The second kappa shape index (κ2) is 22.8. The Morgan fingerprint density at radius 3 is 1.00 bits per heavy atom. The minimum absolute atomic E-state index is 0.453. The van der Waals surface area contributed by atoms with Gasteiger partial charge >= 0.3 is 14.2 Å². The Hall–Kier alpha value is -10.3. The third-order valence-corrected chi connectivity index (χ3v) is 19.6. The molecule has 0 spiro atoms. The number of anilines is 6. The Morgan fingerprint density at radius 1 is 0.344 bits per heavy atom. The number of terminal acetylenes is 1. The van der Waals surface area contributed by atoms with E-state index in [1.807, 2.05) is 12.1 Å². The van der Waals surface area contributed by atoms with Gasteiger partial charge in [0.1, 0.15) is 0 Å². The molecule has 8 nitrogen and oxygen atoms in total. The molecule has 4 heterocycles. The number of aryl methyl sites for hydroxylation is 1. The van der Waals surface area contributed by atoms with Gasteiger partial charge in [-0.2, -0.15) is 0 Å². The van der Waals surface area contributed by atoms with E-state index in [4.69, 9.17) is 25.0 Å². The van der Waals surface area contributed by atoms with Crippen LogP contribution in [-0.4, -0.2) is 45.8 Å². The van der Waals surface area contributed by atoms with Gasteiger partial charge in [0.2, 0.25) is 0 Å². The zero-order chi connectivity index (χ0) is 64.0. The molecule has 10 heteroatoms. The Balaban J connectivity index is 0.769. The molecule has 2 aliphatic rings. The van der Waals surface area contributed by atoms with E-state index in [0.29, 0.717) is 0 Å². The first kappa shape index (κ1) is 59.0. The smallest absolute Gasteiger partial charge is 0.399 e. The summed E-state index contributed by atoms with van der Waals surface area (Å²) in [5.41, 5.74) is 19.4. The summed E-state index contributed by atoms with van der Waals surface area (Å²) in [6.07, 6.45) is 5.55. The first-order valence-corrected chi connectivity index (χ1v) is 31.9. The second-order valence-corrected chi connectivity index (χ2v) is 26.6. The predicted octanol–water partition coefficient (Wildman–Crippen LogP) is 19.0. The molecule has 2 fully saturated rings. The zero-order valence-corrected chi connectivity index (χ0v) is 53.9. The van der Waals surface area contributed by atoms with E-state index in [-0.39, 0.29) is 0 Å². The van der Waals surface area contributed by atoms with Crippen molar-refractivity contribution in [3.63, 3.8) is 0 Å². The molecule has 0 unspecified atom stereocenters. The van der Waals surface area contributed by atoms with Crippen LogP contribution in [0.25, 0.3) is 77.2 Å². The summed E-state index contributed by atoms with van der Waals surface area (Å²) >= 11 is 0. The first-order valence-electron chi connectivity index (χ1n) is 31.9. The highest BCUT2D eigenvalue weighted by Crippen LogP contribution is 2.44. The molecular weight excluding hydrogens is 1140 g/mol. The number of nitrogens with zero attached hydrogens (tertiary/aromatic N) is 4. The summed E-state index contributed by atoms with van der Waals surface area (Å²) in [6.45, 7) is 18.9. The summed E-state index contributed by atoms with van der Waals surface area (Å²) in [7, 11) is -0.960. The number of benzene rings is 11. The van der Waals surface area contributed by atoms with Crippen LogP contribution in [0.15, 0.2) is 255 Å². The standard InChI is InChI=1S/C83H70B2N4O4/c1-11-12-19-57-26-38-67(39-27-57)87(69-42-30-59(31-43-69)61-33-49-77-73(53-61)75-55-63(85-92-82(7,8)83(9,10)93-85)35-51-79(75)89(77)65-22-17-14-18-23-65)71-46-44-70(45-47-71)86(66-36-24-56(2)25-37-66)68-40-28-58(29-41-68)60-32-48-76-72(52-60)74-54-62(84-90-80(3,4)81(5,6)91-84)34-50-78(74)88(76)64-20-15-13-16-21-64/h1,13-18,20-55H,2-10H3. The van der Waals surface area contributed by atoms with Crippen LogP contribution in [0.5, 0.6) is 0 Å². The van der Waals surface area contributed by atoms with Crippen LogP contribution < -0.4 is 20.7 Å². The summed E-state index contributed by atoms with van der Waals surface area (Å²) in [6, 6.07) is 91.7. The van der Waals surface area contributed by atoms with Crippen molar-refractivity contribution in [2.24, 2.45) is 0 Å². The highest BCUT2D eigenvalue weighted by Gasteiger charge is 2.53. The maximum absolute atomic E-state index is 6.58. The maximum Gasteiger partial charge on any atom is 0.494 e. The van der Waals surface area contributed by atoms with Crippen molar-refractivity contribution in [2.45, 2.75) is 84.7 Å². The molecule has 0 N–H and O–H groups in total. The lowest BCUT2D eigenvalue weighted by atomic mass is 9.78. The van der Waals surface area contributed by atoms with E-state index in [2.05, 4.69) is 342 Å². The maximum atomic E-state index is 6.58. The van der Waals surface area contributed by atoms with Crippen LogP contribution in [-0.2, 0) is 18.6 Å². The molecule has 0 aliphatic carbocycles. The van der Waals surface area contributed by atoms with Crippen LogP contribution in [0.1, 0.15) is 66.5 Å². The van der Waals surface area contributed by atoms with Gasteiger partial charge in [-0.05, 0) is 253 Å². The molecule has 0 radical (unpaired) electrons. The molecule has 0 saturated carbocycles. The fraction of sp³-hybridized carbons (Fsp3) is 0.157. The normalized spacial score (nSPS) is 15.4. The van der Waals surface area contributed by atoms with Crippen LogP contribution in [0, 0.1) is 31.1 Å². The van der Waals surface area contributed by atoms with Crippen molar-refractivity contribution in [2.75, 3.05) is 9.80 Å². The number of rotatable bonds is 12. The number of hydrogen-bond donors (Lipinski definition) is 0. The highest BCUT2D eigenvalue weighted by molar-refractivity contribution is 6.63. The average Bonchev–Trinajstić information content (AvgIpc) is 1.63. The van der Waals surface area contributed by atoms with Crippen molar-refractivity contribution in [3.05, 3.63) is 266 Å². The van der Waals surface area contributed by atoms with Gasteiger partial charge < -0.3 is 37.6 Å². The largest absolute Gasteiger partial charge is 0.494 e. The summed E-state index contributed by atoms with van der Waals surface area (Å²) < 4.78 is 31.0.